The van der Waals surface area contributed by atoms with Crippen LogP contribution in [0.4, 0.5) is 40.9 Å². The fraction of sp³-hybridized carbons (Fsp3) is 0.158. The molecule has 10 N–H and O–H groups in total. The van der Waals surface area contributed by atoms with Crippen LogP contribution in [0.15, 0.2) is 101 Å². The second kappa shape index (κ2) is 18.8. The molecular formula is C38H39N11O8S2. The van der Waals surface area contributed by atoms with Crippen molar-refractivity contribution in [2.45, 2.75) is 22.6 Å². The molecule has 0 unspecified atom stereocenters. The minimum atomic E-state index is -4.98. The molecule has 2 aromatic heterocycles. The molecule has 0 fully saturated rings. The first-order valence-electron chi connectivity index (χ1n) is 17.9. The number of nitrogen functional groups attached to an aromatic ring is 1. The molecule has 0 amide bonds. The van der Waals surface area contributed by atoms with Crippen molar-refractivity contribution in [1.29, 1.82) is 0 Å². The number of hydrogen-bond acceptors (Lipinski definition) is 17. The fourth-order valence-electron chi connectivity index (χ4n) is 5.52. The van der Waals surface area contributed by atoms with Crippen molar-refractivity contribution < 1.29 is 36.2 Å². The molecule has 0 saturated heterocycles. The van der Waals surface area contributed by atoms with Crippen LogP contribution in [0.3, 0.4) is 0 Å². The maximum Gasteiger partial charge on any atom is 0.295 e. The maximum atomic E-state index is 12.8. The Balaban J connectivity index is 1.38. The second-order valence-corrected chi connectivity index (χ2v) is 15.4. The van der Waals surface area contributed by atoms with Gasteiger partial charge >= 0.3 is 0 Å². The van der Waals surface area contributed by atoms with Gasteiger partial charge in [0.2, 0.25) is 23.8 Å². The first kappa shape index (κ1) is 42.0. The fourth-order valence-corrected chi connectivity index (χ4v) is 6.97. The van der Waals surface area contributed by atoms with Gasteiger partial charge in [0.25, 0.3) is 20.2 Å². The van der Waals surface area contributed by atoms with Crippen LogP contribution in [0.5, 0.6) is 0 Å². The Bertz CT molecular complexity index is 2670. The lowest BCUT2D eigenvalue weighted by Gasteiger charge is -2.13. The van der Waals surface area contributed by atoms with Crippen LogP contribution in [-0.2, 0) is 20.2 Å². The molecule has 0 spiro atoms. The molecule has 0 aliphatic heterocycles. The Labute approximate surface area is 339 Å². The van der Waals surface area contributed by atoms with E-state index in [2.05, 4.69) is 51.2 Å². The van der Waals surface area contributed by atoms with E-state index in [-0.39, 0.29) is 76.6 Å². The molecule has 0 aliphatic carbocycles. The van der Waals surface area contributed by atoms with Gasteiger partial charge in [-0.25, -0.2) is 0 Å². The average molecular weight is 842 g/mol. The number of hydrogen-bond donors (Lipinski definition) is 9. The number of aliphatic hydroxyl groups excluding tert-OH is 2. The van der Waals surface area contributed by atoms with Crippen LogP contribution in [0.1, 0.15) is 24.0 Å². The van der Waals surface area contributed by atoms with Crippen molar-refractivity contribution in [3.63, 3.8) is 0 Å². The Kier molecular flexibility index (Phi) is 13.4. The molecule has 6 aromatic rings. The first-order chi connectivity index (χ1) is 28.3. The highest BCUT2D eigenvalue weighted by Gasteiger charge is 2.22. The van der Waals surface area contributed by atoms with Crippen LogP contribution in [-0.4, -0.2) is 92.4 Å². The number of aliphatic hydroxyl groups is 2. The Morgan fingerprint density at radius 2 is 1.03 bits per heavy atom. The molecular weight excluding hydrogens is 803 g/mol. The third-order valence-corrected chi connectivity index (χ3v) is 10.1. The van der Waals surface area contributed by atoms with Gasteiger partial charge in [0.05, 0.1) is 0 Å². The zero-order chi connectivity index (χ0) is 42.0. The predicted octanol–water partition coefficient (Wildman–Crippen LogP) is 4.71. The zero-order valence-corrected chi connectivity index (χ0v) is 32.7. The van der Waals surface area contributed by atoms with Crippen LogP contribution in [0.25, 0.3) is 34.9 Å². The van der Waals surface area contributed by atoms with Crippen molar-refractivity contribution in [2.75, 3.05) is 53.3 Å². The molecule has 4 aromatic carbocycles. The molecule has 0 radical (unpaired) electrons. The third kappa shape index (κ3) is 11.3. The van der Waals surface area contributed by atoms with E-state index in [0.29, 0.717) is 37.3 Å². The van der Waals surface area contributed by atoms with Crippen LogP contribution >= 0.6 is 0 Å². The number of rotatable bonds is 18. The van der Waals surface area contributed by atoms with Gasteiger partial charge in [-0.05, 0) is 60.9 Å². The molecule has 306 valence electrons. The Hall–Kier alpha value is -6.62. The van der Waals surface area contributed by atoms with Gasteiger partial charge in [0.15, 0.2) is 11.6 Å². The van der Waals surface area contributed by atoms with Crippen LogP contribution in [0, 0.1) is 0 Å². The van der Waals surface area contributed by atoms with Crippen molar-refractivity contribution in [2.24, 2.45) is 0 Å². The van der Waals surface area contributed by atoms with Gasteiger partial charge in [0.1, 0.15) is 9.79 Å². The Morgan fingerprint density at radius 3 is 1.53 bits per heavy atom. The van der Waals surface area contributed by atoms with Gasteiger partial charge in [0, 0.05) is 60.1 Å². The van der Waals surface area contributed by atoms with E-state index in [1.165, 1.54) is 30.4 Å². The Morgan fingerprint density at radius 1 is 0.559 bits per heavy atom. The van der Waals surface area contributed by atoms with Crippen LogP contribution in [0.2, 0.25) is 0 Å². The number of aromatic nitrogens is 6. The normalized spacial score (nSPS) is 11.7. The number of para-hydroxylation sites is 2. The highest BCUT2D eigenvalue weighted by atomic mass is 32.2. The summed E-state index contributed by atoms with van der Waals surface area (Å²) in [4.78, 5) is 25.2. The maximum absolute atomic E-state index is 12.8. The SMILES string of the molecule is Nc1cc(-c2nc(NCCCO)nc(Nc3ccccc3)n2)cc(S(=O)(=O)O)c1C=Cc1ccc(-c2nc(NCCCO)nc(Nc3ccccc3)n2)cc1S(=O)(=O)O. The monoisotopic (exact) mass is 841 g/mol. The highest BCUT2D eigenvalue weighted by Crippen LogP contribution is 2.33. The summed E-state index contributed by atoms with van der Waals surface area (Å²) < 4.78 is 71.9. The summed E-state index contributed by atoms with van der Waals surface area (Å²) in [5.41, 5.74) is 7.53. The number of nitrogens with two attached hydrogens (primary N) is 1. The summed E-state index contributed by atoms with van der Waals surface area (Å²) in [5.74, 6) is 0.469. The number of nitrogens with one attached hydrogen (secondary N) is 4. The van der Waals surface area contributed by atoms with Crippen molar-refractivity contribution in [1.82, 2.24) is 29.9 Å². The smallest absolute Gasteiger partial charge is 0.295 e. The van der Waals surface area contributed by atoms with E-state index >= 15 is 0 Å². The van der Waals surface area contributed by atoms with Crippen molar-refractivity contribution >= 4 is 73.2 Å². The molecule has 2 heterocycles. The summed E-state index contributed by atoms with van der Waals surface area (Å²) in [5, 5.41) is 30.6. The quantitative estimate of drug-likeness (QED) is 0.0245. The van der Waals surface area contributed by atoms with E-state index in [4.69, 9.17) is 5.73 Å². The predicted molar refractivity (Wildman–Crippen MR) is 223 cm³/mol. The number of anilines is 7. The summed E-state index contributed by atoms with van der Waals surface area (Å²) in [6.45, 7) is 0.473. The lowest BCUT2D eigenvalue weighted by molar-refractivity contribution is 0.292. The van der Waals surface area contributed by atoms with Crippen molar-refractivity contribution in [3.8, 4) is 22.8 Å². The van der Waals surface area contributed by atoms with Gasteiger partial charge in [-0.3, -0.25) is 9.11 Å². The molecule has 0 atom stereocenters. The van der Waals surface area contributed by atoms with Crippen molar-refractivity contribution in [3.05, 3.63) is 102 Å². The second-order valence-electron chi connectivity index (χ2n) is 12.6. The standard InChI is InChI=1S/C38H39N11O8S2/c39-30-21-26(34-45-36(41-18-8-20-51)49-38(47-34)43-28-11-5-2-6-12-28)23-32(59(55,56)57)29(30)16-15-24-13-14-25(22-31(24)58(52,53)54)33-44-35(40-17-7-19-50)48-37(46-33)42-27-9-3-1-4-10-27/h1-6,9-16,21-23,50-51H,7-8,17-20,39H2,(H,52,53,54)(H,55,56,57)(H2,40,42,44,46,48)(H2,41,43,45,47,49). The number of nitrogens with zero attached hydrogens (tertiary/aromatic N) is 6. The van der Waals surface area contributed by atoms with E-state index < -0.39 is 30.0 Å². The average Bonchev–Trinajstić information content (AvgIpc) is 3.20. The summed E-state index contributed by atoms with van der Waals surface area (Å²) >= 11 is 0. The molecule has 0 aliphatic rings. The first-order valence-corrected chi connectivity index (χ1v) is 20.8. The lowest BCUT2D eigenvalue weighted by atomic mass is 10.1. The minimum Gasteiger partial charge on any atom is -0.398 e. The van der Waals surface area contributed by atoms with Gasteiger partial charge in [-0.1, -0.05) is 60.7 Å². The van der Waals surface area contributed by atoms with E-state index in [1.807, 2.05) is 24.3 Å². The largest absolute Gasteiger partial charge is 0.398 e. The van der Waals surface area contributed by atoms with Gasteiger partial charge in [-0.2, -0.15) is 46.7 Å². The third-order valence-electron chi connectivity index (χ3n) is 8.26. The zero-order valence-electron chi connectivity index (χ0n) is 31.1. The summed E-state index contributed by atoms with van der Waals surface area (Å²) in [7, 11) is -9.89. The molecule has 59 heavy (non-hydrogen) atoms. The van der Waals surface area contributed by atoms with Crippen LogP contribution < -0.4 is 27.0 Å². The molecule has 0 bridgehead atoms. The number of benzene rings is 4. The molecule has 6 rings (SSSR count). The van der Waals surface area contributed by atoms with Gasteiger partial charge < -0.3 is 37.2 Å². The topological polar surface area (TPSA) is 301 Å². The molecule has 21 heteroatoms. The highest BCUT2D eigenvalue weighted by molar-refractivity contribution is 7.86. The molecule has 19 nitrogen and oxygen atoms in total. The van der Waals surface area contributed by atoms with E-state index in [0.717, 1.165) is 12.1 Å². The van der Waals surface area contributed by atoms with Gasteiger partial charge in [-0.15, -0.1) is 0 Å². The van der Waals surface area contributed by atoms with E-state index in [1.54, 1.807) is 36.4 Å². The van der Waals surface area contributed by atoms with E-state index in [9.17, 15) is 36.2 Å². The summed E-state index contributed by atoms with van der Waals surface area (Å²) in [6, 6.07) is 24.5. The minimum absolute atomic E-state index is 0.0199. The molecule has 0 saturated carbocycles. The lowest BCUT2D eigenvalue weighted by Crippen LogP contribution is -2.11. The summed E-state index contributed by atoms with van der Waals surface area (Å²) in [6.07, 6.45) is 3.18.